The fraction of sp³-hybridized carbons (Fsp3) is 0.417. The van der Waals surface area contributed by atoms with Crippen LogP contribution in [0, 0.1) is 0 Å². The molecule has 0 heterocycles. The lowest BCUT2D eigenvalue weighted by Gasteiger charge is -2.14. The first-order chi connectivity index (χ1) is 7.57. The van der Waals surface area contributed by atoms with Gasteiger partial charge in [0.1, 0.15) is 7.14 Å². The average molecular weight is 240 g/mol. The summed E-state index contributed by atoms with van der Waals surface area (Å²) >= 11 is 0. The van der Waals surface area contributed by atoms with E-state index in [9.17, 15) is 9.36 Å². The zero-order valence-corrected chi connectivity index (χ0v) is 10.8. The van der Waals surface area contributed by atoms with Crippen molar-refractivity contribution in [3.8, 4) is 0 Å². The van der Waals surface area contributed by atoms with Crippen LogP contribution in [0.25, 0.3) is 0 Å². The van der Waals surface area contributed by atoms with Crippen LogP contribution in [0.2, 0.25) is 0 Å². The summed E-state index contributed by atoms with van der Waals surface area (Å²) in [5.74, 6) is -0.366. The molecule has 0 atom stereocenters. The molecule has 0 aromatic heterocycles. The van der Waals surface area contributed by atoms with Crippen LogP contribution in [0.1, 0.15) is 24.2 Å². The van der Waals surface area contributed by atoms with Gasteiger partial charge in [0, 0.05) is 17.6 Å². The second-order valence-electron chi connectivity index (χ2n) is 3.56. The van der Waals surface area contributed by atoms with E-state index in [1.54, 1.807) is 24.3 Å². The maximum absolute atomic E-state index is 12.4. The fourth-order valence-electron chi connectivity index (χ4n) is 1.58. The third-order valence-corrected chi connectivity index (χ3v) is 6.06. The molecule has 0 fully saturated rings. The lowest BCUT2D eigenvalue weighted by atomic mass is 10.2. The van der Waals surface area contributed by atoms with E-state index in [1.165, 1.54) is 7.11 Å². The number of rotatable bonds is 4. The summed E-state index contributed by atoms with van der Waals surface area (Å²) in [4.78, 5) is 11.2. The summed E-state index contributed by atoms with van der Waals surface area (Å²) in [7, 11) is -0.898. The van der Waals surface area contributed by atoms with E-state index >= 15 is 0 Å². The van der Waals surface area contributed by atoms with Crippen molar-refractivity contribution in [3.05, 3.63) is 29.8 Å². The molecule has 0 saturated heterocycles. The Bertz CT molecular complexity index is 401. The highest BCUT2D eigenvalue weighted by atomic mass is 31.2. The van der Waals surface area contributed by atoms with Crippen molar-refractivity contribution < 1.29 is 14.1 Å². The van der Waals surface area contributed by atoms with E-state index in [4.69, 9.17) is 0 Å². The summed E-state index contributed by atoms with van der Waals surface area (Å²) < 4.78 is 17.0. The number of hydrogen-bond donors (Lipinski definition) is 0. The van der Waals surface area contributed by atoms with Crippen molar-refractivity contribution >= 4 is 18.4 Å². The van der Waals surface area contributed by atoms with Gasteiger partial charge in [0.25, 0.3) is 0 Å². The third kappa shape index (κ3) is 2.53. The van der Waals surface area contributed by atoms with Gasteiger partial charge in [-0.2, -0.15) is 0 Å². The summed E-state index contributed by atoms with van der Waals surface area (Å²) in [5, 5.41) is 0.838. The molecule has 3 nitrogen and oxygen atoms in total. The van der Waals surface area contributed by atoms with Crippen LogP contribution in [-0.4, -0.2) is 25.4 Å². The Kier molecular flexibility index (Phi) is 4.31. The van der Waals surface area contributed by atoms with Crippen LogP contribution in [0.4, 0.5) is 0 Å². The number of ether oxygens (including phenoxy) is 1. The van der Waals surface area contributed by atoms with E-state index in [1.807, 2.05) is 13.8 Å². The van der Waals surface area contributed by atoms with Crippen molar-refractivity contribution in [2.75, 3.05) is 19.4 Å². The molecule has 0 aliphatic rings. The van der Waals surface area contributed by atoms with Gasteiger partial charge in [-0.25, -0.2) is 4.79 Å². The smallest absolute Gasteiger partial charge is 0.337 e. The first-order valence-electron chi connectivity index (χ1n) is 5.34. The van der Waals surface area contributed by atoms with Gasteiger partial charge in [0.2, 0.25) is 0 Å². The molecule has 1 aromatic rings. The fourth-order valence-corrected chi connectivity index (χ4v) is 3.45. The van der Waals surface area contributed by atoms with Crippen LogP contribution in [0.5, 0.6) is 0 Å². The van der Waals surface area contributed by atoms with Crippen LogP contribution in [-0.2, 0) is 9.30 Å². The molecule has 0 spiro atoms. The van der Waals surface area contributed by atoms with Gasteiger partial charge in [-0.3, -0.25) is 0 Å². The van der Waals surface area contributed by atoms with Crippen LogP contribution < -0.4 is 5.30 Å². The van der Waals surface area contributed by atoms with Crippen molar-refractivity contribution in [1.29, 1.82) is 0 Å². The van der Waals surface area contributed by atoms with Crippen LogP contribution >= 0.6 is 7.14 Å². The maximum Gasteiger partial charge on any atom is 0.337 e. The molecular formula is C12H17O3P. The number of carbonyl (C=O) groups excluding carboxylic acids is 1. The van der Waals surface area contributed by atoms with Gasteiger partial charge in [-0.15, -0.1) is 0 Å². The SMILES string of the molecule is CCP(=O)(CC)c1ccc(C(=O)OC)cc1. The van der Waals surface area contributed by atoms with Crippen LogP contribution in [0.15, 0.2) is 24.3 Å². The molecular weight excluding hydrogens is 223 g/mol. The molecule has 16 heavy (non-hydrogen) atoms. The van der Waals surface area contributed by atoms with E-state index in [0.717, 1.165) is 5.30 Å². The monoisotopic (exact) mass is 240 g/mol. The Morgan fingerprint density at radius 3 is 2.06 bits per heavy atom. The predicted octanol–water partition coefficient (Wildman–Crippen LogP) is 2.50. The minimum atomic E-state index is -2.24. The quantitative estimate of drug-likeness (QED) is 0.600. The van der Waals surface area contributed by atoms with Gasteiger partial charge in [0.15, 0.2) is 0 Å². The first kappa shape index (κ1) is 13.0. The zero-order valence-electron chi connectivity index (χ0n) is 9.90. The second kappa shape index (κ2) is 5.31. The topological polar surface area (TPSA) is 43.4 Å². The molecule has 0 aliphatic carbocycles. The maximum atomic E-state index is 12.4. The van der Waals surface area contributed by atoms with Gasteiger partial charge >= 0.3 is 5.97 Å². The first-order valence-corrected chi connectivity index (χ1v) is 7.42. The predicted molar refractivity (Wildman–Crippen MR) is 66.1 cm³/mol. The Balaban J connectivity index is 3.03. The highest BCUT2D eigenvalue weighted by molar-refractivity contribution is 7.71. The van der Waals surface area contributed by atoms with Gasteiger partial charge in [-0.05, 0) is 12.1 Å². The lowest BCUT2D eigenvalue weighted by molar-refractivity contribution is 0.0601. The molecule has 0 aliphatic heterocycles. The number of hydrogen-bond acceptors (Lipinski definition) is 3. The molecule has 0 bridgehead atoms. The largest absolute Gasteiger partial charge is 0.465 e. The number of esters is 1. The molecule has 0 saturated carbocycles. The van der Waals surface area contributed by atoms with E-state index < -0.39 is 7.14 Å². The standard InChI is InChI=1S/C12H17O3P/c1-4-16(14,5-2)11-8-6-10(7-9-11)12(13)15-3/h6-9H,4-5H2,1-3H3. The number of benzene rings is 1. The molecule has 88 valence electrons. The molecule has 0 unspecified atom stereocenters. The van der Waals surface area contributed by atoms with E-state index in [2.05, 4.69) is 4.74 Å². The highest BCUT2D eigenvalue weighted by Gasteiger charge is 2.19. The Labute approximate surface area is 96.2 Å². The molecule has 0 radical (unpaired) electrons. The molecule has 0 amide bonds. The summed E-state index contributed by atoms with van der Waals surface area (Å²) in [6, 6.07) is 6.86. The summed E-state index contributed by atoms with van der Waals surface area (Å²) in [6.07, 6.45) is 1.31. The van der Waals surface area contributed by atoms with Gasteiger partial charge < -0.3 is 9.30 Å². The van der Waals surface area contributed by atoms with Crippen molar-refractivity contribution in [1.82, 2.24) is 0 Å². The number of carbonyl (C=O) groups is 1. The van der Waals surface area contributed by atoms with Crippen molar-refractivity contribution in [2.24, 2.45) is 0 Å². The van der Waals surface area contributed by atoms with Crippen molar-refractivity contribution in [3.63, 3.8) is 0 Å². The van der Waals surface area contributed by atoms with Gasteiger partial charge in [-0.1, -0.05) is 26.0 Å². The summed E-state index contributed by atoms with van der Waals surface area (Å²) in [5.41, 5.74) is 0.491. The molecule has 4 heteroatoms. The second-order valence-corrected chi connectivity index (χ2v) is 7.12. The third-order valence-electron chi connectivity index (χ3n) is 2.78. The Hall–Kier alpha value is -1.08. The van der Waals surface area contributed by atoms with E-state index in [-0.39, 0.29) is 5.97 Å². The number of methoxy groups -OCH3 is 1. The lowest BCUT2D eigenvalue weighted by Crippen LogP contribution is -2.10. The minimum absolute atomic E-state index is 0.366. The molecule has 1 rings (SSSR count). The molecule has 1 aromatic carbocycles. The summed E-state index contributed by atoms with van der Waals surface area (Å²) in [6.45, 7) is 3.86. The molecule has 0 N–H and O–H groups in total. The normalized spacial score (nSPS) is 11.2. The zero-order chi connectivity index (χ0) is 12.2. The Morgan fingerprint density at radius 2 is 1.69 bits per heavy atom. The van der Waals surface area contributed by atoms with Crippen LogP contribution in [0.3, 0.4) is 0 Å². The van der Waals surface area contributed by atoms with Gasteiger partial charge in [0.05, 0.1) is 12.7 Å². The Morgan fingerprint density at radius 1 is 1.19 bits per heavy atom. The minimum Gasteiger partial charge on any atom is -0.465 e. The highest BCUT2D eigenvalue weighted by Crippen LogP contribution is 2.43. The average Bonchev–Trinajstić information content (AvgIpc) is 2.37. The van der Waals surface area contributed by atoms with E-state index in [0.29, 0.717) is 17.9 Å². The van der Waals surface area contributed by atoms with Crippen molar-refractivity contribution in [2.45, 2.75) is 13.8 Å².